The molecule has 0 unspecified atom stereocenters. The van der Waals surface area contributed by atoms with Crippen molar-refractivity contribution in [3.8, 4) is 0 Å². The summed E-state index contributed by atoms with van der Waals surface area (Å²) in [6, 6.07) is 6.75. The molecular weight excluding hydrogens is 222 g/mol. The molecule has 0 spiro atoms. The fourth-order valence-corrected chi connectivity index (χ4v) is 1.15. The van der Waals surface area contributed by atoms with Crippen LogP contribution >= 0.6 is 0 Å². The number of rotatable bonds is 5. The summed E-state index contributed by atoms with van der Waals surface area (Å²) in [5, 5.41) is 13.8. The second-order valence-corrected chi connectivity index (χ2v) is 3.38. The number of aliphatic hydroxyl groups is 1. The monoisotopic (exact) mass is 237 g/mol. The second-order valence-electron chi connectivity index (χ2n) is 3.38. The Morgan fingerprint density at radius 1 is 1.18 bits per heavy atom. The molecule has 0 aromatic heterocycles. The largest absolute Gasteiger partial charge is 0.392 e. The highest BCUT2D eigenvalue weighted by Crippen LogP contribution is 2.08. The smallest absolute Gasteiger partial charge is 0.243 e. The average molecular weight is 237 g/mol. The van der Waals surface area contributed by atoms with E-state index in [0.29, 0.717) is 5.69 Å². The molecule has 0 heterocycles. The Morgan fingerprint density at radius 2 is 1.82 bits per heavy atom. The van der Waals surface area contributed by atoms with Gasteiger partial charge in [-0.15, -0.1) is 0 Å². The average Bonchev–Trinajstić information content (AvgIpc) is 2.36. The van der Waals surface area contributed by atoms with Gasteiger partial charge in [0.25, 0.3) is 0 Å². The van der Waals surface area contributed by atoms with E-state index in [1.54, 1.807) is 24.3 Å². The van der Waals surface area contributed by atoms with Gasteiger partial charge in [-0.05, 0) is 17.7 Å². The van der Waals surface area contributed by atoms with E-state index < -0.39 is 0 Å². The number of amides is 2. The Balaban J connectivity index is 2.42. The number of carbonyl (C=O) groups is 2. The van der Waals surface area contributed by atoms with E-state index in [9.17, 15) is 9.59 Å². The molecule has 17 heavy (non-hydrogen) atoms. The minimum atomic E-state index is -0.379. The standard InChI is InChI=1S/C11H15N3O3/c12-5-10(16)13-6-11(17)14-9-3-1-8(7-15)2-4-9/h1-4,15H,5-7,12H2,(H,13,16)(H,14,17). The van der Waals surface area contributed by atoms with E-state index >= 15 is 0 Å². The molecule has 2 amide bonds. The van der Waals surface area contributed by atoms with Crippen LogP contribution in [0.4, 0.5) is 5.69 Å². The van der Waals surface area contributed by atoms with Gasteiger partial charge in [0, 0.05) is 5.69 Å². The first-order valence-electron chi connectivity index (χ1n) is 5.12. The normalized spacial score (nSPS) is 9.76. The van der Waals surface area contributed by atoms with Crippen LogP contribution in [-0.2, 0) is 16.2 Å². The van der Waals surface area contributed by atoms with E-state index in [-0.39, 0.29) is 31.5 Å². The van der Waals surface area contributed by atoms with Gasteiger partial charge in [-0.2, -0.15) is 0 Å². The highest BCUT2D eigenvalue weighted by atomic mass is 16.3. The van der Waals surface area contributed by atoms with Crippen molar-refractivity contribution < 1.29 is 14.7 Å². The molecule has 1 rings (SSSR count). The van der Waals surface area contributed by atoms with E-state index in [1.807, 2.05) is 0 Å². The van der Waals surface area contributed by atoms with Crippen LogP contribution in [0, 0.1) is 0 Å². The van der Waals surface area contributed by atoms with Crippen molar-refractivity contribution in [2.24, 2.45) is 5.73 Å². The Hall–Kier alpha value is -1.92. The molecule has 0 aliphatic carbocycles. The summed E-state index contributed by atoms with van der Waals surface area (Å²) in [4.78, 5) is 22.2. The van der Waals surface area contributed by atoms with E-state index in [1.165, 1.54) is 0 Å². The van der Waals surface area contributed by atoms with Crippen LogP contribution in [0.25, 0.3) is 0 Å². The minimum absolute atomic E-state index is 0.0409. The molecular formula is C11H15N3O3. The van der Waals surface area contributed by atoms with Crippen molar-refractivity contribution in [3.63, 3.8) is 0 Å². The summed E-state index contributed by atoms with van der Waals surface area (Å²) in [6.07, 6.45) is 0. The number of nitrogens with one attached hydrogen (secondary N) is 2. The van der Waals surface area contributed by atoms with Crippen LogP contribution in [0.3, 0.4) is 0 Å². The predicted octanol–water partition coefficient (Wildman–Crippen LogP) is -0.808. The van der Waals surface area contributed by atoms with E-state index in [2.05, 4.69) is 10.6 Å². The molecule has 1 aromatic carbocycles. The Bertz CT molecular complexity index is 389. The Morgan fingerprint density at radius 3 is 2.35 bits per heavy atom. The third-order valence-electron chi connectivity index (χ3n) is 2.05. The van der Waals surface area contributed by atoms with Crippen molar-refractivity contribution in [1.82, 2.24) is 5.32 Å². The number of aliphatic hydroxyl groups excluding tert-OH is 1. The number of benzene rings is 1. The molecule has 0 atom stereocenters. The van der Waals surface area contributed by atoms with Gasteiger partial charge in [0.15, 0.2) is 0 Å². The first kappa shape index (κ1) is 13.1. The third kappa shape index (κ3) is 4.62. The number of anilines is 1. The molecule has 0 saturated carbocycles. The van der Waals surface area contributed by atoms with Crippen LogP contribution in [-0.4, -0.2) is 30.0 Å². The summed E-state index contributed by atoms with van der Waals surface area (Å²) in [7, 11) is 0. The fraction of sp³-hybridized carbons (Fsp3) is 0.273. The lowest BCUT2D eigenvalue weighted by Gasteiger charge is -2.06. The number of hydrogen-bond acceptors (Lipinski definition) is 4. The van der Waals surface area contributed by atoms with Gasteiger partial charge in [-0.3, -0.25) is 9.59 Å². The second kappa shape index (κ2) is 6.62. The molecule has 5 N–H and O–H groups in total. The van der Waals surface area contributed by atoms with Crippen molar-refractivity contribution in [3.05, 3.63) is 29.8 Å². The minimum Gasteiger partial charge on any atom is -0.392 e. The van der Waals surface area contributed by atoms with E-state index in [4.69, 9.17) is 10.8 Å². The topological polar surface area (TPSA) is 104 Å². The number of nitrogens with two attached hydrogens (primary N) is 1. The van der Waals surface area contributed by atoms with Gasteiger partial charge in [0.05, 0.1) is 19.7 Å². The van der Waals surface area contributed by atoms with Crippen LogP contribution in [0.2, 0.25) is 0 Å². The highest BCUT2D eigenvalue weighted by molar-refractivity contribution is 5.94. The lowest BCUT2D eigenvalue weighted by Crippen LogP contribution is -2.36. The molecule has 0 bridgehead atoms. The zero-order valence-electron chi connectivity index (χ0n) is 9.27. The van der Waals surface area contributed by atoms with Gasteiger partial charge in [0.1, 0.15) is 0 Å². The first-order valence-corrected chi connectivity index (χ1v) is 5.12. The quantitative estimate of drug-likeness (QED) is 0.537. The fourth-order valence-electron chi connectivity index (χ4n) is 1.15. The number of hydrogen-bond donors (Lipinski definition) is 4. The van der Waals surface area contributed by atoms with Crippen LogP contribution < -0.4 is 16.4 Å². The maximum atomic E-state index is 11.4. The lowest BCUT2D eigenvalue weighted by molar-refractivity contribution is -0.123. The van der Waals surface area contributed by atoms with Gasteiger partial charge in [0.2, 0.25) is 11.8 Å². The van der Waals surface area contributed by atoms with Gasteiger partial charge < -0.3 is 21.5 Å². The van der Waals surface area contributed by atoms with Gasteiger partial charge in [-0.25, -0.2) is 0 Å². The molecule has 0 saturated heterocycles. The maximum absolute atomic E-state index is 11.4. The SMILES string of the molecule is NCC(=O)NCC(=O)Nc1ccc(CO)cc1. The van der Waals surface area contributed by atoms with Crippen molar-refractivity contribution in [2.75, 3.05) is 18.4 Å². The summed E-state index contributed by atoms with van der Waals surface area (Å²) in [5.41, 5.74) is 6.44. The summed E-state index contributed by atoms with van der Waals surface area (Å²) < 4.78 is 0. The molecule has 1 aromatic rings. The third-order valence-corrected chi connectivity index (χ3v) is 2.05. The van der Waals surface area contributed by atoms with Crippen molar-refractivity contribution in [2.45, 2.75) is 6.61 Å². The van der Waals surface area contributed by atoms with E-state index in [0.717, 1.165) is 5.56 Å². The van der Waals surface area contributed by atoms with Crippen LogP contribution in [0.5, 0.6) is 0 Å². The van der Waals surface area contributed by atoms with Gasteiger partial charge >= 0.3 is 0 Å². The number of carbonyl (C=O) groups excluding carboxylic acids is 2. The zero-order valence-corrected chi connectivity index (χ0v) is 9.27. The summed E-state index contributed by atoms with van der Waals surface area (Å²) >= 11 is 0. The van der Waals surface area contributed by atoms with Crippen LogP contribution in [0.15, 0.2) is 24.3 Å². The molecule has 92 valence electrons. The predicted molar refractivity (Wildman–Crippen MR) is 63.1 cm³/mol. The molecule has 0 aliphatic heterocycles. The molecule has 0 radical (unpaired) electrons. The molecule has 6 nitrogen and oxygen atoms in total. The summed E-state index contributed by atoms with van der Waals surface area (Å²) in [5.74, 6) is -0.709. The Labute approximate surface area is 98.8 Å². The molecule has 0 fully saturated rings. The van der Waals surface area contributed by atoms with Crippen LogP contribution in [0.1, 0.15) is 5.56 Å². The van der Waals surface area contributed by atoms with Crippen molar-refractivity contribution in [1.29, 1.82) is 0 Å². The lowest BCUT2D eigenvalue weighted by atomic mass is 10.2. The van der Waals surface area contributed by atoms with Crippen molar-refractivity contribution >= 4 is 17.5 Å². The van der Waals surface area contributed by atoms with Gasteiger partial charge in [-0.1, -0.05) is 12.1 Å². The molecule has 6 heteroatoms. The molecule has 0 aliphatic rings. The summed E-state index contributed by atoms with van der Waals surface area (Å²) in [6.45, 7) is -0.295. The first-order chi connectivity index (χ1) is 8.15. The zero-order chi connectivity index (χ0) is 12.7. The highest BCUT2D eigenvalue weighted by Gasteiger charge is 2.04. The maximum Gasteiger partial charge on any atom is 0.243 e. The Kier molecular flexibility index (Phi) is 5.12.